The molecule has 1 aromatic heterocycles. The van der Waals surface area contributed by atoms with E-state index in [1.165, 1.54) is 16.8 Å². The number of rotatable bonds is 5. The smallest absolute Gasteiger partial charge is 0.406 e. The summed E-state index contributed by atoms with van der Waals surface area (Å²) >= 11 is 0. The van der Waals surface area contributed by atoms with Gasteiger partial charge in [-0.3, -0.25) is 9.59 Å². The Labute approximate surface area is 174 Å². The van der Waals surface area contributed by atoms with Crippen molar-refractivity contribution in [2.24, 2.45) is 0 Å². The van der Waals surface area contributed by atoms with Crippen LogP contribution >= 0.6 is 0 Å². The van der Waals surface area contributed by atoms with E-state index in [1.54, 1.807) is 0 Å². The Morgan fingerprint density at radius 1 is 1.16 bits per heavy atom. The van der Waals surface area contributed by atoms with Gasteiger partial charge in [0.2, 0.25) is 0 Å². The molecule has 4 rings (SSSR count). The first kappa shape index (κ1) is 20.4. The summed E-state index contributed by atoms with van der Waals surface area (Å²) in [6.45, 7) is 0.345. The number of aromatic nitrogens is 3. The van der Waals surface area contributed by atoms with Gasteiger partial charge in [0.15, 0.2) is 11.4 Å². The Bertz CT molecular complexity index is 1100. The van der Waals surface area contributed by atoms with E-state index in [2.05, 4.69) is 25.7 Å². The van der Waals surface area contributed by atoms with E-state index < -0.39 is 18.2 Å². The van der Waals surface area contributed by atoms with Crippen molar-refractivity contribution in [3.8, 4) is 5.75 Å². The van der Waals surface area contributed by atoms with E-state index >= 15 is 0 Å². The number of hydrogen-bond acceptors (Lipinski definition) is 5. The van der Waals surface area contributed by atoms with Gasteiger partial charge in [0.05, 0.1) is 12.6 Å². The first-order valence-electron chi connectivity index (χ1n) is 9.22. The number of benzene rings is 2. The fraction of sp³-hybridized carbons (Fsp3) is 0.200. The number of carbonyl (C=O) groups excluding carboxylic acids is 2. The highest BCUT2D eigenvalue weighted by molar-refractivity contribution is 6.05. The molecule has 0 spiro atoms. The average molecular weight is 431 g/mol. The Hall–Kier alpha value is -3.89. The van der Waals surface area contributed by atoms with Crippen LogP contribution in [0.25, 0.3) is 0 Å². The maximum absolute atomic E-state index is 12.6. The summed E-state index contributed by atoms with van der Waals surface area (Å²) in [6.07, 6.45) is -4.77. The first-order valence-corrected chi connectivity index (χ1v) is 9.22. The number of carbonyl (C=O) groups is 2. The fourth-order valence-corrected chi connectivity index (χ4v) is 3.21. The third kappa shape index (κ3) is 4.65. The molecule has 0 saturated heterocycles. The third-order valence-electron chi connectivity index (χ3n) is 4.64. The molecule has 0 fully saturated rings. The van der Waals surface area contributed by atoms with Crippen LogP contribution in [0.4, 0.5) is 13.2 Å². The molecule has 2 N–H and O–H groups in total. The van der Waals surface area contributed by atoms with Crippen LogP contribution in [0.5, 0.6) is 5.75 Å². The number of nitrogens with zero attached hydrogens (tertiary/aromatic N) is 3. The van der Waals surface area contributed by atoms with Crippen molar-refractivity contribution >= 4 is 11.8 Å². The number of ether oxygens (including phenoxy) is 1. The number of fused-ring (bicyclic) bond motifs is 1. The quantitative estimate of drug-likeness (QED) is 0.647. The maximum Gasteiger partial charge on any atom is 0.573 e. The molecule has 8 nitrogen and oxygen atoms in total. The maximum atomic E-state index is 12.6. The summed E-state index contributed by atoms with van der Waals surface area (Å²) in [6, 6.07) is 14.1. The van der Waals surface area contributed by atoms with Crippen molar-refractivity contribution < 1.29 is 27.5 Å². The molecular formula is C20H16F3N5O3. The Morgan fingerprint density at radius 2 is 1.87 bits per heavy atom. The molecule has 160 valence electrons. The van der Waals surface area contributed by atoms with Crippen LogP contribution < -0.4 is 15.4 Å². The van der Waals surface area contributed by atoms with E-state index in [9.17, 15) is 22.8 Å². The number of amides is 2. The van der Waals surface area contributed by atoms with Crippen molar-refractivity contribution in [2.75, 3.05) is 0 Å². The largest absolute Gasteiger partial charge is 0.573 e. The lowest BCUT2D eigenvalue weighted by molar-refractivity contribution is -0.274. The van der Waals surface area contributed by atoms with Gasteiger partial charge in [0, 0.05) is 6.54 Å². The third-order valence-corrected chi connectivity index (χ3v) is 4.64. The molecule has 0 aliphatic carbocycles. The number of alkyl halides is 3. The molecule has 1 aliphatic heterocycles. The van der Waals surface area contributed by atoms with Gasteiger partial charge in [-0.1, -0.05) is 47.7 Å². The minimum atomic E-state index is -4.77. The zero-order chi connectivity index (χ0) is 22.0. The highest BCUT2D eigenvalue weighted by Crippen LogP contribution is 2.23. The molecule has 0 bridgehead atoms. The molecule has 1 atom stereocenters. The van der Waals surface area contributed by atoms with Gasteiger partial charge in [-0.25, -0.2) is 4.68 Å². The second-order valence-electron chi connectivity index (χ2n) is 6.78. The molecule has 0 radical (unpaired) electrons. The van der Waals surface area contributed by atoms with Gasteiger partial charge in [0.25, 0.3) is 11.8 Å². The average Bonchev–Trinajstić information content (AvgIpc) is 3.17. The van der Waals surface area contributed by atoms with Gasteiger partial charge in [0.1, 0.15) is 5.75 Å². The highest BCUT2D eigenvalue weighted by atomic mass is 19.4. The summed E-state index contributed by atoms with van der Waals surface area (Å²) in [5.74, 6) is -1.45. The van der Waals surface area contributed by atoms with Crippen molar-refractivity contribution in [3.05, 3.63) is 77.1 Å². The van der Waals surface area contributed by atoms with Crippen molar-refractivity contribution in [1.29, 1.82) is 0 Å². The van der Waals surface area contributed by atoms with Gasteiger partial charge < -0.3 is 15.4 Å². The van der Waals surface area contributed by atoms with E-state index in [0.717, 1.165) is 17.7 Å². The zero-order valence-corrected chi connectivity index (χ0v) is 15.9. The van der Waals surface area contributed by atoms with Gasteiger partial charge >= 0.3 is 6.36 Å². The summed E-state index contributed by atoms with van der Waals surface area (Å²) in [5, 5.41) is 13.2. The molecule has 0 unspecified atom stereocenters. The summed E-state index contributed by atoms with van der Waals surface area (Å²) in [5.41, 5.74) is 1.37. The van der Waals surface area contributed by atoms with Crippen LogP contribution in [0.3, 0.4) is 0 Å². The number of hydrogen-bond donors (Lipinski definition) is 2. The second kappa shape index (κ2) is 8.09. The molecule has 2 aromatic carbocycles. The highest BCUT2D eigenvalue weighted by Gasteiger charge is 2.33. The van der Waals surface area contributed by atoms with E-state index in [-0.39, 0.29) is 29.7 Å². The molecule has 2 heterocycles. The molecule has 31 heavy (non-hydrogen) atoms. The second-order valence-corrected chi connectivity index (χ2v) is 6.78. The predicted octanol–water partition coefficient (Wildman–Crippen LogP) is 2.59. The number of nitrogens with one attached hydrogen (secondary N) is 2. The fourth-order valence-electron chi connectivity index (χ4n) is 3.21. The molecule has 1 aliphatic rings. The molecule has 2 amide bonds. The first-order chi connectivity index (χ1) is 14.8. The monoisotopic (exact) mass is 431 g/mol. The summed E-state index contributed by atoms with van der Waals surface area (Å²) in [7, 11) is 0. The molecule has 0 saturated carbocycles. The van der Waals surface area contributed by atoms with Crippen LogP contribution in [0.1, 0.15) is 38.1 Å². The summed E-state index contributed by atoms with van der Waals surface area (Å²) in [4.78, 5) is 25.1. The Morgan fingerprint density at radius 3 is 2.55 bits per heavy atom. The lowest BCUT2D eigenvalue weighted by Crippen LogP contribution is -2.40. The van der Waals surface area contributed by atoms with Gasteiger partial charge in [-0.2, -0.15) is 0 Å². The molecule has 3 aromatic rings. The van der Waals surface area contributed by atoms with Crippen LogP contribution in [-0.2, 0) is 13.1 Å². The predicted molar refractivity (Wildman–Crippen MR) is 101 cm³/mol. The van der Waals surface area contributed by atoms with Crippen LogP contribution in [0, 0.1) is 0 Å². The van der Waals surface area contributed by atoms with Crippen LogP contribution in [0.2, 0.25) is 0 Å². The summed E-state index contributed by atoms with van der Waals surface area (Å²) < 4.78 is 41.8. The van der Waals surface area contributed by atoms with E-state index in [1.807, 2.05) is 30.3 Å². The van der Waals surface area contributed by atoms with Crippen molar-refractivity contribution in [3.63, 3.8) is 0 Å². The van der Waals surface area contributed by atoms with Gasteiger partial charge in [-0.15, -0.1) is 18.3 Å². The normalized spacial score (nSPS) is 15.7. The minimum absolute atomic E-state index is 0.0195. The Balaban J connectivity index is 1.42. The minimum Gasteiger partial charge on any atom is -0.406 e. The zero-order valence-electron chi connectivity index (χ0n) is 15.9. The molecule has 11 heteroatoms. The van der Waals surface area contributed by atoms with Crippen LogP contribution in [-0.4, -0.2) is 33.2 Å². The Kier molecular flexibility index (Phi) is 5.32. The van der Waals surface area contributed by atoms with Crippen molar-refractivity contribution in [2.45, 2.75) is 25.5 Å². The topological polar surface area (TPSA) is 98.1 Å². The van der Waals surface area contributed by atoms with E-state index in [4.69, 9.17) is 0 Å². The standard InChI is InChI=1S/C20H16F3N5O3/c21-20(22,23)31-14-8-6-12(7-9-14)10-24-18(29)16-17-19(30)25-15(11-28(17)27-26-16)13-4-2-1-3-5-13/h1-9,15H,10-11H2,(H,24,29)(H,25,30)/t15-/m1/s1. The van der Waals surface area contributed by atoms with Crippen molar-refractivity contribution in [1.82, 2.24) is 25.6 Å². The lowest BCUT2D eigenvalue weighted by Gasteiger charge is -2.24. The molecular weight excluding hydrogens is 415 g/mol. The van der Waals surface area contributed by atoms with Crippen LogP contribution in [0.15, 0.2) is 54.6 Å². The lowest BCUT2D eigenvalue weighted by atomic mass is 10.0. The van der Waals surface area contributed by atoms with E-state index in [0.29, 0.717) is 12.1 Å². The number of halogens is 3. The SMILES string of the molecule is O=C(NCc1ccc(OC(F)(F)F)cc1)c1nnn2c1C(=O)N[C@@H](c1ccccc1)C2. The van der Waals surface area contributed by atoms with Gasteiger partial charge in [-0.05, 0) is 23.3 Å².